The Labute approximate surface area is 91.4 Å². The van der Waals surface area contributed by atoms with Crippen molar-refractivity contribution in [1.29, 1.82) is 0 Å². The Kier molecular flexibility index (Phi) is 5.03. The van der Waals surface area contributed by atoms with Gasteiger partial charge in [0.05, 0.1) is 6.16 Å². The monoisotopic (exact) mass is 228 g/mol. The quantitative estimate of drug-likeness (QED) is 0.447. The second-order valence-corrected chi connectivity index (χ2v) is 5.39. The average Bonchev–Trinajstić information content (AvgIpc) is 2.01. The first-order valence-corrected chi connectivity index (χ1v) is 6.27. The van der Waals surface area contributed by atoms with Crippen molar-refractivity contribution in [2.24, 2.45) is 0 Å². The highest BCUT2D eigenvalue weighted by Crippen LogP contribution is 2.47. The zero-order valence-corrected chi connectivity index (χ0v) is 10.3. The molecule has 0 aromatic rings. The largest absolute Gasteiger partial charge is 0.332 e. The van der Waals surface area contributed by atoms with Crippen LogP contribution in [0.1, 0.15) is 20.8 Å². The highest BCUT2D eigenvalue weighted by atomic mass is 31.2. The second kappa shape index (κ2) is 5.32. The maximum Gasteiger partial charge on any atom is 0.332 e. The molecule has 0 spiro atoms. The minimum absolute atomic E-state index is 0.0801. The molecular weight excluding hydrogens is 211 g/mol. The summed E-state index contributed by atoms with van der Waals surface area (Å²) in [5.74, 6) is 5.39. The smallest absolute Gasteiger partial charge is 0.324 e. The van der Waals surface area contributed by atoms with E-state index < -0.39 is 13.2 Å². The summed E-state index contributed by atoms with van der Waals surface area (Å²) in [6, 6.07) is 0. The van der Waals surface area contributed by atoms with E-state index in [4.69, 9.17) is 4.52 Å². The molecule has 0 bridgehead atoms. The third kappa shape index (κ3) is 4.99. The molecule has 0 fully saturated rings. The van der Waals surface area contributed by atoms with Crippen LogP contribution in [-0.2, 0) is 9.09 Å². The summed E-state index contributed by atoms with van der Waals surface area (Å²) in [4.78, 5) is 9.44. The van der Waals surface area contributed by atoms with Gasteiger partial charge in [0.15, 0.2) is 0 Å². The van der Waals surface area contributed by atoms with E-state index in [0.29, 0.717) is 5.57 Å². The molecule has 3 nitrogen and oxygen atoms in total. The zero-order valence-electron chi connectivity index (χ0n) is 9.41. The third-order valence-corrected chi connectivity index (χ3v) is 3.19. The van der Waals surface area contributed by atoms with E-state index >= 15 is 0 Å². The molecule has 1 atom stereocenters. The van der Waals surface area contributed by atoms with Gasteiger partial charge in [-0.1, -0.05) is 18.6 Å². The lowest BCUT2D eigenvalue weighted by atomic mass is 10.0. The van der Waals surface area contributed by atoms with E-state index in [9.17, 15) is 9.46 Å². The van der Waals surface area contributed by atoms with Gasteiger partial charge in [-0.2, -0.15) is 0 Å². The van der Waals surface area contributed by atoms with E-state index in [1.165, 1.54) is 6.08 Å². The Balaban J connectivity index is 4.75. The van der Waals surface area contributed by atoms with Crippen molar-refractivity contribution < 1.29 is 14.0 Å². The molecule has 0 aromatic carbocycles. The SMILES string of the molecule is C=CCP(=O)(O)OC(C)(C)C(=C)C#CC. The highest BCUT2D eigenvalue weighted by molar-refractivity contribution is 7.53. The minimum atomic E-state index is -3.64. The van der Waals surface area contributed by atoms with Crippen LogP contribution < -0.4 is 0 Å². The highest BCUT2D eigenvalue weighted by Gasteiger charge is 2.31. The normalized spacial score (nSPS) is 14.7. The molecule has 15 heavy (non-hydrogen) atoms. The Morgan fingerprint density at radius 3 is 2.60 bits per heavy atom. The van der Waals surface area contributed by atoms with Crippen LogP contribution in [0.2, 0.25) is 0 Å². The van der Waals surface area contributed by atoms with Crippen LogP contribution in [0.25, 0.3) is 0 Å². The number of hydrogen-bond donors (Lipinski definition) is 1. The van der Waals surface area contributed by atoms with E-state index in [1.807, 2.05) is 0 Å². The van der Waals surface area contributed by atoms with Crippen LogP contribution in [0, 0.1) is 11.8 Å². The summed E-state index contributed by atoms with van der Waals surface area (Å²) in [7, 11) is -3.64. The molecule has 0 aliphatic carbocycles. The van der Waals surface area contributed by atoms with Crippen molar-refractivity contribution >= 4 is 7.60 Å². The Morgan fingerprint density at radius 1 is 1.67 bits per heavy atom. The Morgan fingerprint density at radius 2 is 2.20 bits per heavy atom. The van der Waals surface area contributed by atoms with Gasteiger partial charge in [0.25, 0.3) is 0 Å². The van der Waals surface area contributed by atoms with E-state index in [1.54, 1.807) is 20.8 Å². The van der Waals surface area contributed by atoms with E-state index in [-0.39, 0.29) is 6.16 Å². The van der Waals surface area contributed by atoms with Crippen LogP contribution in [0.15, 0.2) is 24.8 Å². The molecule has 0 saturated heterocycles. The van der Waals surface area contributed by atoms with Crippen molar-refractivity contribution in [1.82, 2.24) is 0 Å². The molecule has 0 radical (unpaired) electrons. The lowest BCUT2D eigenvalue weighted by Crippen LogP contribution is -2.25. The number of allylic oxidation sites excluding steroid dienone is 1. The summed E-state index contributed by atoms with van der Waals surface area (Å²) in [5, 5.41) is 0. The Hall–Kier alpha value is -0.810. The summed E-state index contributed by atoms with van der Waals surface area (Å²) >= 11 is 0. The van der Waals surface area contributed by atoms with Crippen molar-refractivity contribution in [2.75, 3.05) is 6.16 Å². The van der Waals surface area contributed by atoms with Crippen molar-refractivity contribution in [3.05, 3.63) is 24.8 Å². The third-order valence-electron chi connectivity index (χ3n) is 1.73. The molecule has 1 N–H and O–H groups in total. The molecule has 0 amide bonds. The molecule has 84 valence electrons. The van der Waals surface area contributed by atoms with Gasteiger partial charge in [-0.15, -0.1) is 12.5 Å². The topological polar surface area (TPSA) is 46.5 Å². The molecule has 0 aliphatic rings. The standard InChI is InChI=1S/C11H17O3P/c1-6-8-10(3)11(4,5)14-15(12,13)9-7-2/h7H,2-3,9H2,1,4-5H3,(H,12,13). The molecule has 1 unspecified atom stereocenters. The fraction of sp³-hybridized carbons (Fsp3) is 0.455. The summed E-state index contributed by atoms with van der Waals surface area (Å²) in [6.45, 7) is 12.1. The predicted molar refractivity (Wildman–Crippen MR) is 62.6 cm³/mol. The van der Waals surface area contributed by atoms with Crippen molar-refractivity contribution in [3.63, 3.8) is 0 Å². The van der Waals surface area contributed by atoms with Crippen molar-refractivity contribution in [3.8, 4) is 11.8 Å². The lowest BCUT2D eigenvalue weighted by molar-refractivity contribution is 0.133. The number of rotatable bonds is 5. The van der Waals surface area contributed by atoms with Gasteiger partial charge in [0, 0.05) is 5.57 Å². The van der Waals surface area contributed by atoms with Gasteiger partial charge in [-0.05, 0) is 20.8 Å². The summed E-state index contributed by atoms with van der Waals surface area (Å²) in [5.41, 5.74) is -0.459. The minimum Gasteiger partial charge on any atom is -0.324 e. The molecule has 0 aliphatic heterocycles. The molecule has 0 heterocycles. The van der Waals surface area contributed by atoms with Gasteiger partial charge < -0.3 is 4.89 Å². The molecule has 0 rings (SSSR count). The average molecular weight is 228 g/mol. The van der Waals surface area contributed by atoms with E-state index in [0.717, 1.165) is 0 Å². The van der Waals surface area contributed by atoms with Gasteiger partial charge in [0.1, 0.15) is 5.60 Å². The van der Waals surface area contributed by atoms with Crippen LogP contribution in [0.3, 0.4) is 0 Å². The first-order valence-electron chi connectivity index (χ1n) is 4.51. The van der Waals surface area contributed by atoms with Gasteiger partial charge >= 0.3 is 7.60 Å². The van der Waals surface area contributed by atoms with E-state index in [2.05, 4.69) is 25.0 Å². The number of hydrogen-bond acceptors (Lipinski definition) is 2. The van der Waals surface area contributed by atoms with Crippen LogP contribution >= 0.6 is 7.60 Å². The first kappa shape index (κ1) is 14.2. The fourth-order valence-electron chi connectivity index (χ4n) is 0.914. The van der Waals surface area contributed by atoms with Gasteiger partial charge in [-0.3, -0.25) is 9.09 Å². The van der Waals surface area contributed by atoms with Gasteiger partial charge in [-0.25, -0.2) is 0 Å². The van der Waals surface area contributed by atoms with Crippen LogP contribution in [0.4, 0.5) is 0 Å². The molecular formula is C11H17O3P. The fourth-order valence-corrected chi connectivity index (χ4v) is 2.14. The van der Waals surface area contributed by atoms with Crippen molar-refractivity contribution in [2.45, 2.75) is 26.4 Å². The Bertz CT molecular complexity index is 358. The van der Waals surface area contributed by atoms with Gasteiger partial charge in [0.2, 0.25) is 0 Å². The van der Waals surface area contributed by atoms with Crippen LogP contribution in [-0.4, -0.2) is 16.7 Å². The predicted octanol–water partition coefficient (Wildman–Crippen LogP) is 2.73. The zero-order chi connectivity index (χ0) is 12.1. The molecule has 4 heteroatoms. The summed E-state index contributed by atoms with van der Waals surface area (Å²) in [6.07, 6.45) is 1.27. The first-order chi connectivity index (χ1) is 6.75. The maximum absolute atomic E-state index is 11.5. The lowest BCUT2D eigenvalue weighted by Gasteiger charge is -2.27. The maximum atomic E-state index is 11.5. The summed E-state index contributed by atoms with van der Waals surface area (Å²) < 4.78 is 16.6. The second-order valence-electron chi connectivity index (χ2n) is 3.56. The van der Waals surface area contributed by atoms with Crippen LogP contribution in [0.5, 0.6) is 0 Å². The molecule has 0 aromatic heterocycles. The molecule has 0 saturated carbocycles.